The normalized spacial score (nSPS) is 9.53. The van der Waals surface area contributed by atoms with Crippen molar-refractivity contribution in [2.75, 3.05) is 0 Å². The van der Waals surface area contributed by atoms with Crippen LogP contribution in [0.15, 0.2) is 0 Å². The third-order valence-corrected chi connectivity index (χ3v) is 2.50. The van der Waals surface area contributed by atoms with Gasteiger partial charge in [0, 0.05) is 12.8 Å². The van der Waals surface area contributed by atoms with E-state index in [2.05, 4.69) is 11.7 Å². The molecule has 4 heteroatoms. The fraction of sp³-hybridized carbons (Fsp3) is 0.846. The molecule has 0 fully saturated rings. The number of rotatable bonds is 9. The molecule has 0 spiro atoms. The molecule has 0 aliphatic carbocycles. The fourth-order valence-electron chi connectivity index (χ4n) is 1.48. The number of unbranched alkanes of at least 4 members (excludes halogenated alkanes) is 6. The van der Waals surface area contributed by atoms with E-state index in [0.29, 0.717) is 6.42 Å². The third-order valence-electron chi connectivity index (χ3n) is 2.50. The van der Waals surface area contributed by atoms with Crippen molar-refractivity contribution in [1.82, 2.24) is 0 Å². The van der Waals surface area contributed by atoms with Gasteiger partial charge >= 0.3 is 41.5 Å². The van der Waals surface area contributed by atoms with Crippen LogP contribution in [0.3, 0.4) is 0 Å². The van der Waals surface area contributed by atoms with Gasteiger partial charge in [0.05, 0.1) is 0 Å². The Morgan fingerprint density at radius 1 is 0.882 bits per heavy atom. The summed E-state index contributed by atoms with van der Waals surface area (Å²) < 4.78 is 4.57. The molecular formula is C13H25NaO3. The van der Waals surface area contributed by atoms with Crippen molar-refractivity contribution in [3.63, 3.8) is 0 Å². The number of esters is 2. The SMILES string of the molecule is CCCCCCCCCC(=O)OC(=O)CC.[H-].[Na+]. The summed E-state index contributed by atoms with van der Waals surface area (Å²) in [7, 11) is 0. The molecule has 0 bridgehead atoms. The third kappa shape index (κ3) is 14.1. The fourth-order valence-corrected chi connectivity index (χ4v) is 1.48. The maximum atomic E-state index is 11.1. The predicted octanol–water partition coefficient (Wildman–Crippen LogP) is 0.723. The zero-order chi connectivity index (χ0) is 12.2. The molecule has 0 amide bonds. The van der Waals surface area contributed by atoms with Gasteiger partial charge < -0.3 is 6.16 Å². The molecule has 0 aromatic rings. The van der Waals surface area contributed by atoms with E-state index in [1.54, 1.807) is 6.92 Å². The zero-order valence-electron chi connectivity index (χ0n) is 12.6. The van der Waals surface area contributed by atoms with Gasteiger partial charge in [-0.15, -0.1) is 0 Å². The van der Waals surface area contributed by atoms with Crippen molar-refractivity contribution in [2.24, 2.45) is 0 Å². The maximum absolute atomic E-state index is 11.1. The summed E-state index contributed by atoms with van der Waals surface area (Å²) in [5, 5.41) is 0. The molecule has 96 valence electrons. The summed E-state index contributed by atoms with van der Waals surface area (Å²) in [6.45, 7) is 3.88. The van der Waals surface area contributed by atoms with E-state index in [-0.39, 0.29) is 43.4 Å². The molecule has 3 nitrogen and oxygen atoms in total. The van der Waals surface area contributed by atoms with E-state index in [0.717, 1.165) is 12.8 Å². The Kier molecular flexibility index (Phi) is 16.3. The van der Waals surface area contributed by atoms with Crippen molar-refractivity contribution >= 4 is 11.9 Å². The first kappa shape index (κ1) is 19.5. The van der Waals surface area contributed by atoms with Crippen molar-refractivity contribution < 1.29 is 45.3 Å². The molecule has 0 aliphatic rings. The Morgan fingerprint density at radius 3 is 1.94 bits per heavy atom. The average Bonchev–Trinajstić information content (AvgIpc) is 2.27. The second kappa shape index (κ2) is 14.2. The smallest absolute Gasteiger partial charge is 1.00 e. The summed E-state index contributed by atoms with van der Waals surface area (Å²) in [6.07, 6.45) is 8.79. The zero-order valence-corrected chi connectivity index (χ0v) is 13.6. The van der Waals surface area contributed by atoms with Gasteiger partial charge in [-0.25, -0.2) is 0 Å². The van der Waals surface area contributed by atoms with Crippen LogP contribution in [0.4, 0.5) is 0 Å². The maximum Gasteiger partial charge on any atom is 1.00 e. The van der Waals surface area contributed by atoms with Crippen molar-refractivity contribution in [1.29, 1.82) is 0 Å². The van der Waals surface area contributed by atoms with Gasteiger partial charge in [-0.3, -0.25) is 9.59 Å². The van der Waals surface area contributed by atoms with Crippen LogP contribution in [0.1, 0.15) is 73.1 Å². The molecule has 0 unspecified atom stereocenters. The molecule has 0 N–H and O–H groups in total. The number of hydrogen-bond acceptors (Lipinski definition) is 3. The molecule has 0 aliphatic heterocycles. The summed E-state index contributed by atoms with van der Waals surface area (Å²) >= 11 is 0. The first-order valence-electron chi connectivity index (χ1n) is 6.44. The second-order valence-electron chi connectivity index (χ2n) is 4.07. The summed E-state index contributed by atoms with van der Waals surface area (Å²) in [6, 6.07) is 0. The van der Waals surface area contributed by atoms with E-state index < -0.39 is 5.97 Å². The molecule has 0 heterocycles. The number of ether oxygens (including phenoxy) is 1. The molecule has 0 aromatic heterocycles. The summed E-state index contributed by atoms with van der Waals surface area (Å²) in [4.78, 5) is 21.9. The topological polar surface area (TPSA) is 43.4 Å². The van der Waals surface area contributed by atoms with Gasteiger partial charge in [0.1, 0.15) is 0 Å². The van der Waals surface area contributed by atoms with Crippen molar-refractivity contribution in [2.45, 2.75) is 71.6 Å². The number of carbonyl (C=O) groups is 2. The second-order valence-corrected chi connectivity index (χ2v) is 4.07. The van der Waals surface area contributed by atoms with Gasteiger partial charge in [0.15, 0.2) is 0 Å². The Hall–Kier alpha value is 0.140. The number of carbonyl (C=O) groups excluding carboxylic acids is 2. The quantitative estimate of drug-likeness (QED) is 0.263. The van der Waals surface area contributed by atoms with E-state index in [1.165, 1.54) is 32.1 Å². The molecule has 0 aromatic carbocycles. The molecule has 0 atom stereocenters. The Labute approximate surface area is 128 Å². The van der Waals surface area contributed by atoms with E-state index in [9.17, 15) is 9.59 Å². The van der Waals surface area contributed by atoms with E-state index in [1.807, 2.05) is 0 Å². The van der Waals surface area contributed by atoms with Gasteiger partial charge in [0.25, 0.3) is 0 Å². The minimum absolute atomic E-state index is 0. The molecule has 0 rings (SSSR count). The minimum atomic E-state index is -0.423. The molecule has 0 saturated carbocycles. The largest absolute Gasteiger partial charge is 1.00 e. The van der Waals surface area contributed by atoms with Gasteiger partial charge in [-0.1, -0.05) is 52.4 Å². The van der Waals surface area contributed by atoms with Crippen LogP contribution in [0.25, 0.3) is 0 Å². The standard InChI is InChI=1S/C13H24O3.Na.H/c1-3-5-6-7-8-9-10-11-13(15)16-12(14)4-2;;/h3-11H2,1-2H3;;/q;+1;-1. The van der Waals surface area contributed by atoms with Crippen LogP contribution < -0.4 is 29.6 Å². The number of hydrogen-bond donors (Lipinski definition) is 0. The Morgan fingerprint density at radius 2 is 1.41 bits per heavy atom. The summed E-state index contributed by atoms with van der Waals surface area (Å²) in [5.41, 5.74) is 0. The Balaban J connectivity index is -0.00000112. The molecular weight excluding hydrogens is 227 g/mol. The predicted molar refractivity (Wildman–Crippen MR) is 65.1 cm³/mol. The minimum Gasteiger partial charge on any atom is -1.00 e. The monoisotopic (exact) mass is 252 g/mol. The van der Waals surface area contributed by atoms with Gasteiger partial charge in [0.2, 0.25) is 0 Å². The molecule has 17 heavy (non-hydrogen) atoms. The van der Waals surface area contributed by atoms with Crippen molar-refractivity contribution in [3.8, 4) is 0 Å². The van der Waals surface area contributed by atoms with Gasteiger partial charge in [-0.2, -0.15) is 0 Å². The van der Waals surface area contributed by atoms with Crippen LogP contribution in [-0.2, 0) is 14.3 Å². The summed E-state index contributed by atoms with van der Waals surface area (Å²) in [5.74, 6) is -0.798. The van der Waals surface area contributed by atoms with Crippen LogP contribution in [0.2, 0.25) is 0 Å². The average molecular weight is 252 g/mol. The first-order chi connectivity index (χ1) is 7.70. The van der Waals surface area contributed by atoms with E-state index >= 15 is 0 Å². The molecule has 0 radical (unpaired) electrons. The van der Waals surface area contributed by atoms with Gasteiger partial charge in [-0.05, 0) is 6.42 Å². The van der Waals surface area contributed by atoms with Crippen LogP contribution >= 0.6 is 0 Å². The van der Waals surface area contributed by atoms with Crippen LogP contribution in [-0.4, -0.2) is 11.9 Å². The first-order valence-corrected chi connectivity index (χ1v) is 6.44. The van der Waals surface area contributed by atoms with Crippen LogP contribution in [0, 0.1) is 0 Å². The molecule has 0 saturated heterocycles. The van der Waals surface area contributed by atoms with E-state index in [4.69, 9.17) is 0 Å². The van der Waals surface area contributed by atoms with Crippen molar-refractivity contribution in [3.05, 3.63) is 0 Å². The Bertz CT molecular complexity index is 210. The van der Waals surface area contributed by atoms with Crippen LogP contribution in [0.5, 0.6) is 0 Å².